The number of nitrogens with one attached hydrogen (secondary N) is 1. The molecule has 4 rings (SSSR count). The summed E-state index contributed by atoms with van der Waals surface area (Å²) >= 11 is 1.21. The van der Waals surface area contributed by atoms with Crippen molar-refractivity contribution in [1.82, 2.24) is 9.29 Å². The van der Waals surface area contributed by atoms with Crippen LogP contribution in [0.4, 0.5) is 5.13 Å². The van der Waals surface area contributed by atoms with Crippen LogP contribution in [0.2, 0.25) is 0 Å². The van der Waals surface area contributed by atoms with E-state index in [9.17, 15) is 13.2 Å². The highest BCUT2D eigenvalue weighted by molar-refractivity contribution is 7.89. The Morgan fingerprint density at radius 2 is 2.00 bits per heavy atom. The maximum Gasteiger partial charge on any atom is 0.257 e. The first-order valence-corrected chi connectivity index (χ1v) is 10.7. The smallest absolute Gasteiger partial charge is 0.257 e. The molecular weight excluding hydrogens is 402 g/mol. The quantitative estimate of drug-likeness (QED) is 0.683. The highest BCUT2D eigenvalue weighted by Gasteiger charge is 2.21. The topological polar surface area (TPSA) is 97.8 Å². The van der Waals surface area contributed by atoms with Gasteiger partial charge in [0.2, 0.25) is 16.8 Å². The Balaban J connectivity index is 1.59. The van der Waals surface area contributed by atoms with Crippen LogP contribution >= 0.6 is 11.3 Å². The van der Waals surface area contributed by atoms with Crippen molar-refractivity contribution in [3.63, 3.8) is 0 Å². The Hall–Kier alpha value is -2.69. The third-order valence-corrected chi connectivity index (χ3v) is 7.23. The predicted molar refractivity (Wildman–Crippen MR) is 106 cm³/mol. The number of nitrogens with zero attached hydrogens (tertiary/aromatic N) is 2. The zero-order chi connectivity index (χ0) is 19.9. The number of hydrogen-bond acceptors (Lipinski definition) is 7. The number of amides is 1. The number of benzene rings is 2. The zero-order valence-electron chi connectivity index (χ0n) is 15.1. The molecule has 1 aromatic heterocycles. The molecule has 0 spiro atoms. The molecule has 0 unspecified atom stereocenters. The maximum absolute atomic E-state index is 12.5. The van der Waals surface area contributed by atoms with Gasteiger partial charge >= 0.3 is 0 Å². The molecule has 28 heavy (non-hydrogen) atoms. The van der Waals surface area contributed by atoms with E-state index in [0.717, 1.165) is 0 Å². The number of hydrogen-bond donors (Lipinski definition) is 1. The molecule has 0 aliphatic carbocycles. The monoisotopic (exact) mass is 419 g/mol. The Kier molecular flexibility index (Phi) is 4.69. The highest BCUT2D eigenvalue weighted by Crippen LogP contribution is 2.33. The number of aromatic nitrogens is 1. The molecule has 2 heterocycles. The van der Waals surface area contributed by atoms with Crippen molar-refractivity contribution in [2.45, 2.75) is 11.8 Å². The number of ether oxygens (including phenoxy) is 2. The number of carbonyl (C=O) groups excluding carboxylic acids is 1. The fourth-order valence-corrected chi connectivity index (χ4v) is 4.86. The van der Waals surface area contributed by atoms with Crippen molar-refractivity contribution in [3.05, 3.63) is 42.0 Å². The van der Waals surface area contributed by atoms with Crippen LogP contribution < -0.4 is 14.8 Å². The lowest BCUT2D eigenvalue weighted by Crippen LogP contribution is -2.26. The van der Waals surface area contributed by atoms with Crippen LogP contribution in [-0.2, 0) is 10.0 Å². The van der Waals surface area contributed by atoms with Gasteiger partial charge in [-0.05, 0) is 36.4 Å². The molecule has 0 saturated heterocycles. The van der Waals surface area contributed by atoms with Gasteiger partial charge in [0.25, 0.3) is 5.91 Å². The van der Waals surface area contributed by atoms with Gasteiger partial charge in [-0.1, -0.05) is 18.3 Å². The molecule has 8 nitrogen and oxygen atoms in total. The van der Waals surface area contributed by atoms with Gasteiger partial charge in [0.1, 0.15) is 0 Å². The standard InChI is InChI=1S/C18H17N3O5S2/c1-3-21(2)28(23,24)12-5-6-13-16(9-12)27-18(19-13)20-17(22)11-4-7-14-15(8-11)26-10-25-14/h4-9H,3,10H2,1-2H3,(H,19,20,22). The number of carbonyl (C=O) groups is 1. The molecule has 0 saturated carbocycles. The van der Waals surface area contributed by atoms with E-state index in [2.05, 4.69) is 10.3 Å². The fraction of sp³-hybridized carbons (Fsp3) is 0.222. The lowest BCUT2D eigenvalue weighted by Gasteiger charge is -2.14. The van der Waals surface area contributed by atoms with Gasteiger partial charge < -0.3 is 9.47 Å². The lowest BCUT2D eigenvalue weighted by molar-refractivity contribution is 0.102. The summed E-state index contributed by atoms with van der Waals surface area (Å²) in [4.78, 5) is 17.1. The van der Waals surface area contributed by atoms with Gasteiger partial charge in [0, 0.05) is 19.2 Å². The van der Waals surface area contributed by atoms with Crippen molar-refractivity contribution in [1.29, 1.82) is 0 Å². The minimum absolute atomic E-state index is 0.136. The van der Waals surface area contributed by atoms with E-state index < -0.39 is 10.0 Å². The summed E-state index contributed by atoms with van der Waals surface area (Å²) in [6.07, 6.45) is 0. The number of anilines is 1. The third kappa shape index (κ3) is 3.30. The highest BCUT2D eigenvalue weighted by atomic mass is 32.2. The van der Waals surface area contributed by atoms with Crippen molar-refractivity contribution in [3.8, 4) is 11.5 Å². The summed E-state index contributed by atoms with van der Waals surface area (Å²) < 4.78 is 37.4. The van der Waals surface area contributed by atoms with Crippen LogP contribution in [0.1, 0.15) is 17.3 Å². The molecule has 0 atom stereocenters. The van der Waals surface area contributed by atoms with E-state index in [1.165, 1.54) is 28.8 Å². The largest absolute Gasteiger partial charge is 0.454 e. The Morgan fingerprint density at radius 1 is 1.21 bits per heavy atom. The van der Waals surface area contributed by atoms with Gasteiger partial charge in [-0.25, -0.2) is 17.7 Å². The number of fused-ring (bicyclic) bond motifs is 2. The molecule has 1 N–H and O–H groups in total. The fourth-order valence-electron chi connectivity index (χ4n) is 2.68. The summed E-state index contributed by atoms with van der Waals surface area (Å²) in [6.45, 7) is 2.28. The first-order chi connectivity index (χ1) is 13.4. The van der Waals surface area contributed by atoms with E-state index in [-0.39, 0.29) is 17.6 Å². The normalized spacial score (nSPS) is 13.2. The molecule has 0 radical (unpaired) electrons. The van der Waals surface area contributed by atoms with Crippen LogP contribution in [0.15, 0.2) is 41.3 Å². The van der Waals surface area contributed by atoms with Gasteiger partial charge in [-0.3, -0.25) is 10.1 Å². The summed E-state index contributed by atoms with van der Waals surface area (Å²) in [5, 5.41) is 3.13. The van der Waals surface area contributed by atoms with Crippen LogP contribution in [-0.4, -0.2) is 44.0 Å². The van der Waals surface area contributed by atoms with Gasteiger partial charge in [0.15, 0.2) is 16.6 Å². The van der Waals surface area contributed by atoms with Gasteiger partial charge in [0.05, 0.1) is 15.1 Å². The predicted octanol–water partition coefficient (Wildman–Crippen LogP) is 2.92. The van der Waals surface area contributed by atoms with E-state index in [1.807, 2.05) is 0 Å². The van der Waals surface area contributed by atoms with Crippen LogP contribution in [0.3, 0.4) is 0 Å². The molecule has 0 fully saturated rings. The molecule has 0 bridgehead atoms. The van der Waals surface area contributed by atoms with Crippen molar-refractivity contribution >= 4 is 42.6 Å². The average molecular weight is 419 g/mol. The second kappa shape index (κ2) is 7.04. The Labute approximate surface area is 165 Å². The van der Waals surface area contributed by atoms with Crippen molar-refractivity contribution < 1.29 is 22.7 Å². The number of thiazole rings is 1. The van der Waals surface area contributed by atoms with E-state index in [0.29, 0.717) is 39.0 Å². The van der Waals surface area contributed by atoms with Crippen molar-refractivity contribution in [2.75, 3.05) is 25.7 Å². The number of rotatable bonds is 5. The minimum atomic E-state index is -3.54. The maximum atomic E-state index is 12.5. The molecular formula is C18H17N3O5S2. The van der Waals surface area contributed by atoms with Gasteiger partial charge in [-0.15, -0.1) is 0 Å². The van der Waals surface area contributed by atoms with E-state index in [1.54, 1.807) is 37.3 Å². The molecule has 1 amide bonds. The Bertz CT molecular complexity index is 1170. The molecule has 2 aromatic carbocycles. The summed E-state index contributed by atoms with van der Waals surface area (Å²) in [6, 6.07) is 9.66. The molecule has 10 heteroatoms. The van der Waals surface area contributed by atoms with Crippen LogP contribution in [0, 0.1) is 0 Å². The molecule has 1 aliphatic rings. The third-order valence-electron chi connectivity index (χ3n) is 4.37. The summed E-state index contributed by atoms with van der Waals surface area (Å²) in [5.74, 6) is 0.782. The SMILES string of the molecule is CCN(C)S(=O)(=O)c1ccc2nc(NC(=O)c3ccc4c(c3)OCO4)sc2c1. The van der Waals surface area contributed by atoms with E-state index >= 15 is 0 Å². The molecule has 3 aromatic rings. The van der Waals surface area contributed by atoms with Crippen LogP contribution in [0.5, 0.6) is 11.5 Å². The first-order valence-electron chi connectivity index (χ1n) is 8.46. The van der Waals surface area contributed by atoms with Crippen LogP contribution in [0.25, 0.3) is 10.2 Å². The second-order valence-corrected chi connectivity index (χ2v) is 9.17. The second-order valence-electron chi connectivity index (χ2n) is 6.09. The van der Waals surface area contributed by atoms with Gasteiger partial charge in [-0.2, -0.15) is 0 Å². The molecule has 146 valence electrons. The average Bonchev–Trinajstić information content (AvgIpc) is 3.31. The van der Waals surface area contributed by atoms with E-state index in [4.69, 9.17) is 9.47 Å². The van der Waals surface area contributed by atoms with Crippen molar-refractivity contribution in [2.24, 2.45) is 0 Å². The first kappa shape index (κ1) is 18.7. The number of sulfonamides is 1. The Morgan fingerprint density at radius 3 is 2.79 bits per heavy atom. The minimum Gasteiger partial charge on any atom is -0.454 e. The molecule has 1 aliphatic heterocycles. The summed E-state index contributed by atoms with van der Waals surface area (Å²) in [5.41, 5.74) is 1.03. The lowest BCUT2D eigenvalue weighted by atomic mass is 10.2. The summed E-state index contributed by atoms with van der Waals surface area (Å²) in [7, 11) is -2.01. The zero-order valence-corrected chi connectivity index (χ0v) is 16.8.